The highest BCUT2D eigenvalue weighted by Crippen LogP contribution is 2.96. The van der Waals surface area contributed by atoms with Crippen LogP contribution in [0.4, 0.5) is 0 Å². The third-order valence-corrected chi connectivity index (χ3v) is 56.0. The molecule has 6 aliphatic rings. The molecule has 0 spiro atoms. The summed E-state index contributed by atoms with van der Waals surface area (Å²) in [6.07, 6.45) is 46.7. The Bertz CT molecular complexity index is 1360. The van der Waals surface area contributed by atoms with Crippen molar-refractivity contribution in [1.82, 2.24) is 0 Å². The third kappa shape index (κ3) is 7.51. The van der Waals surface area contributed by atoms with Gasteiger partial charge in [0.15, 0.2) is 0 Å². The Morgan fingerprint density at radius 2 is 0.474 bits per heavy atom. The van der Waals surface area contributed by atoms with Crippen LogP contribution < -0.4 is 10.4 Å². The molecule has 0 saturated heterocycles. The van der Waals surface area contributed by atoms with E-state index >= 15 is 0 Å². The molecule has 57 heavy (non-hydrogen) atoms. The predicted molar refractivity (Wildman–Crippen MR) is 261 cm³/mol. The lowest BCUT2D eigenvalue weighted by molar-refractivity contribution is 0.453. The van der Waals surface area contributed by atoms with Crippen LogP contribution in [0.1, 0.15) is 226 Å². The van der Waals surface area contributed by atoms with E-state index in [2.05, 4.69) is 76.2 Å². The topological polar surface area (TPSA) is 0 Å². The van der Waals surface area contributed by atoms with Gasteiger partial charge in [0.05, 0.1) is 34.0 Å². The second-order valence-electron chi connectivity index (χ2n) is 21.6. The smallest absolute Gasteiger partial charge is 0.0562 e. The van der Waals surface area contributed by atoms with Gasteiger partial charge in [-0.2, -0.15) is 0 Å². The Morgan fingerprint density at radius 3 is 0.649 bits per heavy atom. The summed E-state index contributed by atoms with van der Waals surface area (Å²) < 4.78 is 0. The zero-order valence-electron chi connectivity index (χ0n) is 38.4. The average Bonchev–Trinajstić information content (AvgIpc) is 3.23. The lowest BCUT2D eigenvalue weighted by Gasteiger charge is -2.64. The first-order valence-electron chi connectivity index (χ1n) is 25.7. The predicted octanol–water partition coefficient (Wildman–Crippen LogP) is 16.1. The van der Waals surface area contributed by atoms with Crippen molar-refractivity contribution in [3.8, 4) is 0 Å². The molecule has 0 nitrogen and oxygen atoms in total. The maximum atomic E-state index is 2.80. The molecule has 0 aromatic heterocycles. The largest absolute Gasteiger partial charge is 0.462 e. The molecule has 3 heteroatoms. The van der Waals surface area contributed by atoms with Crippen molar-refractivity contribution in [1.29, 1.82) is 0 Å². The zero-order chi connectivity index (χ0) is 39.6. The molecule has 0 N–H and O–H groups in total. The summed E-state index contributed by atoms with van der Waals surface area (Å²) in [5.41, 5.74) is 16.5. The van der Waals surface area contributed by atoms with Gasteiger partial charge in [0.25, 0.3) is 0 Å². The molecule has 8 rings (SSSR count). The van der Waals surface area contributed by atoms with Gasteiger partial charge in [0, 0.05) is 24.0 Å². The van der Waals surface area contributed by atoms with E-state index in [4.69, 9.17) is 0 Å². The highest BCUT2D eigenvalue weighted by Gasteiger charge is 2.89. The van der Waals surface area contributed by atoms with Crippen molar-refractivity contribution >= 4 is 31.4 Å². The minimum absolute atomic E-state index is 1.03. The van der Waals surface area contributed by atoms with Gasteiger partial charge < -0.3 is 0 Å². The molecule has 0 aliphatic heterocycles. The molecule has 0 heterocycles. The Balaban J connectivity index is 1.68. The van der Waals surface area contributed by atoms with E-state index in [1.807, 2.05) is 0 Å². The molecule has 0 atom stereocenters. The Morgan fingerprint density at radius 1 is 0.298 bits per heavy atom. The van der Waals surface area contributed by atoms with Gasteiger partial charge in [-0.3, -0.25) is 0 Å². The standard InChI is InChI=1S/C54H88P2Si/c1-41-37-43(3)53(44(4)38-41)57(54-45(5)39-42(2)40-46(54)6,55(47-25-13-7-14-26-47,48-27-15-8-16-28-48)49-29-17-9-18-30-49)56(50-31-19-10-20-32-50,51-33-21-11-22-34-51)52-35-23-12-24-36-52/h37-40,47-52H,7-36H2,1-6H3/q+2. The van der Waals surface area contributed by atoms with E-state index in [1.165, 1.54) is 116 Å². The molecule has 0 unspecified atom stereocenters. The number of aryl methyl sites for hydroxylation is 6. The summed E-state index contributed by atoms with van der Waals surface area (Å²) in [5.74, 6) is 0. The van der Waals surface area contributed by atoms with E-state index in [-0.39, 0.29) is 0 Å². The summed E-state index contributed by atoms with van der Waals surface area (Å²) in [7, 11) is -2.63. The Labute approximate surface area is 355 Å². The lowest BCUT2D eigenvalue weighted by Crippen LogP contribution is -2.73. The van der Waals surface area contributed by atoms with Crippen molar-refractivity contribution in [3.63, 3.8) is 0 Å². The van der Waals surface area contributed by atoms with E-state index < -0.39 is 21.0 Å². The molecule has 6 saturated carbocycles. The van der Waals surface area contributed by atoms with Gasteiger partial charge in [0.1, 0.15) is 0 Å². The van der Waals surface area contributed by atoms with Crippen LogP contribution in [0.2, 0.25) is 0 Å². The van der Waals surface area contributed by atoms with Crippen LogP contribution >= 0.6 is 13.6 Å². The molecule has 0 amide bonds. The molecule has 2 aromatic rings. The second kappa shape index (κ2) is 18.9. The van der Waals surface area contributed by atoms with E-state index in [9.17, 15) is 0 Å². The van der Waals surface area contributed by atoms with Crippen LogP contribution in [0.15, 0.2) is 24.3 Å². The molecule has 6 aliphatic carbocycles. The summed E-state index contributed by atoms with van der Waals surface area (Å²) >= 11 is 0. The van der Waals surface area contributed by atoms with Crippen LogP contribution in [0, 0.1) is 41.5 Å². The molecular weight excluding hydrogens is 739 g/mol. The van der Waals surface area contributed by atoms with Gasteiger partial charge in [-0.1, -0.05) is 73.9 Å². The van der Waals surface area contributed by atoms with Crippen molar-refractivity contribution in [3.05, 3.63) is 57.6 Å². The van der Waals surface area contributed by atoms with E-state index in [0.717, 1.165) is 34.0 Å². The van der Waals surface area contributed by atoms with Crippen molar-refractivity contribution in [2.75, 3.05) is 0 Å². The maximum Gasteiger partial charge on any atom is 0.462 e. The Hall–Kier alpha value is -0.483. The molecule has 2 aromatic carbocycles. The fourth-order valence-corrected chi connectivity index (χ4v) is 75.1. The third-order valence-electron chi connectivity index (χ3n) is 18.2. The zero-order valence-corrected chi connectivity index (χ0v) is 41.2. The van der Waals surface area contributed by atoms with Gasteiger partial charge in [-0.05, 0) is 218 Å². The first-order valence-corrected chi connectivity index (χ1v) is 33.4. The van der Waals surface area contributed by atoms with Gasteiger partial charge in [-0.25, -0.2) is 0 Å². The number of rotatable bonds is 10. The van der Waals surface area contributed by atoms with Crippen LogP contribution in [-0.2, 0) is 0 Å². The first kappa shape index (κ1) is 43.2. The highest BCUT2D eigenvalue weighted by molar-refractivity contribution is 8.41. The van der Waals surface area contributed by atoms with Crippen molar-refractivity contribution in [2.45, 2.75) is 268 Å². The highest BCUT2D eigenvalue weighted by atomic mass is 31.7. The van der Waals surface area contributed by atoms with Crippen LogP contribution in [0.5, 0.6) is 0 Å². The normalized spacial score (nSPS) is 24.2. The lowest BCUT2D eigenvalue weighted by atomic mass is 9.99. The molecule has 0 radical (unpaired) electrons. The van der Waals surface area contributed by atoms with Gasteiger partial charge in [-0.15, -0.1) is 0 Å². The van der Waals surface area contributed by atoms with Crippen LogP contribution in [-0.4, -0.2) is 41.4 Å². The second-order valence-corrected chi connectivity index (χ2v) is 41.4. The number of hydrogen-bond acceptors (Lipinski definition) is 0. The summed E-state index contributed by atoms with van der Waals surface area (Å²) in [5, 5.41) is 4.32. The number of benzene rings is 2. The Kier molecular flexibility index (Phi) is 14.3. The molecular formula is C54H88P2Si+2. The van der Waals surface area contributed by atoms with Gasteiger partial charge in [0.2, 0.25) is 0 Å². The maximum absolute atomic E-state index is 2.80. The van der Waals surface area contributed by atoms with Crippen LogP contribution in [0.3, 0.4) is 0 Å². The first-order chi connectivity index (χ1) is 27.8. The fraction of sp³-hybridized carbons (Fsp3) is 0.778. The minimum atomic E-state index is -2.63. The quantitative estimate of drug-likeness (QED) is 0.165. The minimum Gasteiger partial charge on any atom is -0.0562 e. The molecule has 316 valence electrons. The molecule has 6 fully saturated rings. The van der Waals surface area contributed by atoms with E-state index in [1.54, 1.807) is 110 Å². The number of hydrogen-bond donors (Lipinski definition) is 0. The summed E-state index contributed by atoms with van der Waals surface area (Å²) in [6, 6.07) is 11.2. The van der Waals surface area contributed by atoms with Crippen molar-refractivity contribution in [2.24, 2.45) is 0 Å². The molecule has 0 bridgehead atoms. The summed E-state index contributed by atoms with van der Waals surface area (Å²) in [4.78, 5) is 0. The van der Waals surface area contributed by atoms with Crippen molar-refractivity contribution < 1.29 is 0 Å². The van der Waals surface area contributed by atoms with Gasteiger partial charge >= 0.3 is 7.41 Å². The SMILES string of the molecule is Cc1cc(C)c([Si](c2c(C)cc(C)cc2C)([P+](C2CCCCC2)(C2CCCCC2)C2CCCCC2)[P+](C2CCCCC2)(C2CCCCC2)C2CCCCC2)c(C)c1. The monoisotopic (exact) mass is 827 g/mol. The van der Waals surface area contributed by atoms with Crippen LogP contribution in [0.25, 0.3) is 0 Å². The fourth-order valence-electron chi connectivity index (χ4n) is 17.1. The summed E-state index contributed by atoms with van der Waals surface area (Å²) in [6.45, 7) is 12.5. The average molecular weight is 827 g/mol. The van der Waals surface area contributed by atoms with E-state index in [0.29, 0.717) is 0 Å².